The maximum atomic E-state index is 13.6. The fourth-order valence-corrected chi connectivity index (χ4v) is 3.82. The molecular formula is C17H15F3N2O2. The average molecular weight is 336 g/mol. The van der Waals surface area contributed by atoms with E-state index in [0.717, 1.165) is 30.9 Å². The summed E-state index contributed by atoms with van der Waals surface area (Å²) < 4.78 is 45.5. The lowest BCUT2D eigenvalue weighted by Gasteiger charge is -2.21. The van der Waals surface area contributed by atoms with Crippen molar-refractivity contribution in [3.8, 4) is 0 Å². The van der Waals surface area contributed by atoms with Crippen LogP contribution in [0, 0.1) is 11.8 Å². The topological polar surface area (TPSA) is 50.7 Å². The first-order valence-corrected chi connectivity index (χ1v) is 7.85. The van der Waals surface area contributed by atoms with Crippen LogP contribution in [0.4, 0.5) is 18.0 Å². The average Bonchev–Trinajstić information content (AvgIpc) is 3.17. The zero-order valence-corrected chi connectivity index (χ0v) is 12.7. The van der Waals surface area contributed by atoms with E-state index in [9.17, 15) is 18.0 Å². The van der Waals surface area contributed by atoms with Crippen LogP contribution in [-0.4, -0.2) is 18.4 Å². The molecule has 1 heterocycles. The van der Waals surface area contributed by atoms with E-state index in [2.05, 4.69) is 10.5 Å². The molecule has 1 fully saturated rings. The smallest absolute Gasteiger partial charge is 0.428 e. The van der Waals surface area contributed by atoms with Gasteiger partial charge in [0.1, 0.15) is 12.3 Å². The molecule has 126 valence electrons. The van der Waals surface area contributed by atoms with Gasteiger partial charge in [0.05, 0.1) is 5.56 Å². The van der Waals surface area contributed by atoms with Gasteiger partial charge in [0.15, 0.2) is 0 Å². The number of carbonyl (C=O) groups is 1. The first-order valence-electron chi connectivity index (χ1n) is 7.85. The van der Waals surface area contributed by atoms with Gasteiger partial charge in [-0.15, -0.1) is 0 Å². The maximum absolute atomic E-state index is 13.6. The summed E-state index contributed by atoms with van der Waals surface area (Å²) in [6.45, 7) is -0.143. The molecule has 2 unspecified atom stereocenters. The summed E-state index contributed by atoms with van der Waals surface area (Å²) in [5, 5.41) is 3.78. The van der Waals surface area contributed by atoms with Crippen LogP contribution in [-0.2, 0) is 10.9 Å². The van der Waals surface area contributed by atoms with Crippen LogP contribution >= 0.6 is 0 Å². The van der Waals surface area contributed by atoms with E-state index >= 15 is 0 Å². The second-order valence-corrected chi connectivity index (χ2v) is 6.40. The number of benzene rings is 1. The van der Waals surface area contributed by atoms with E-state index in [1.807, 2.05) is 6.08 Å². The number of cyclic esters (lactones) is 1. The van der Waals surface area contributed by atoms with Gasteiger partial charge in [-0.25, -0.2) is 10.2 Å². The Balaban J connectivity index is 1.76. The highest BCUT2D eigenvalue weighted by molar-refractivity contribution is 6.04. The zero-order chi connectivity index (χ0) is 16.9. The van der Waals surface area contributed by atoms with Crippen molar-refractivity contribution in [3.05, 3.63) is 41.0 Å². The molecule has 7 heteroatoms. The minimum Gasteiger partial charge on any atom is -0.442 e. The van der Waals surface area contributed by atoms with E-state index < -0.39 is 17.8 Å². The molecule has 0 spiro atoms. The fourth-order valence-electron chi connectivity index (χ4n) is 3.82. The van der Waals surface area contributed by atoms with E-state index in [-0.39, 0.29) is 23.8 Å². The highest BCUT2D eigenvalue weighted by Gasteiger charge is 2.39. The molecule has 1 aromatic rings. The number of amides is 1. The number of hydrogen-bond donors (Lipinski definition) is 1. The molecule has 2 atom stereocenters. The van der Waals surface area contributed by atoms with Crippen LogP contribution in [0.2, 0.25) is 0 Å². The Morgan fingerprint density at radius 3 is 2.67 bits per heavy atom. The summed E-state index contributed by atoms with van der Waals surface area (Å²) in [5.74, 6) is 0.647. The molecule has 1 N–H and O–H groups in total. The van der Waals surface area contributed by atoms with Crippen molar-refractivity contribution in [1.29, 1.82) is 0 Å². The quantitative estimate of drug-likeness (QED) is 0.889. The Morgan fingerprint density at radius 1 is 1.25 bits per heavy atom. The third kappa shape index (κ3) is 2.57. The summed E-state index contributed by atoms with van der Waals surface area (Å²) >= 11 is 0. The van der Waals surface area contributed by atoms with E-state index in [1.165, 1.54) is 6.07 Å². The number of hydrazone groups is 1. The number of carbonyl (C=O) groups excluding carboxylic acids is 1. The number of rotatable bonds is 2. The summed E-state index contributed by atoms with van der Waals surface area (Å²) in [5.41, 5.74) is 3.12. The van der Waals surface area contributed by atoms with Crippen LogP contribution in [0.3, 0.4) is 0 Å². The van der Waals surface area contributed by atoms with Crippen LogP contribution in [0.25, 0.3) is 5.57 Å². The maximum Gasteiger partial charge on any atom is 0.428 e. The van der Waals surface area contributed by atoms with Gasteiger partial charge in [-0.3, -0.25) is 0 Å². The number of nitrogens with zero attached hydrogens (tertiary/aromatic N) is 1. The molecule has 4 nitrogen and oxygen atoms in total. The standard InChI is InChI=1S/C17H15F3N2O2/c18-17(19,20)14-7-11(15-8-24-16(23)22-21-15)3-4-12(14)13-6-9-1-2-10(13)5-9/h3-4,6-7,9-10H,1-2,5,8H2,(H,22,23). The Bertz CT molecular complexity index is 768. The minimum atomic E-state index is -4.45. The molecule has 0 radical (unpaired) electrons. The number of nitrogens with one attached hydrogen (secondary N) is 1. The number of allylic oxidation sites excluding steroid dienone is 2. The van der Waals surface area contributed by atoms with Gasteiger partial charge in [0.25, 0.3) is 0 Å². The highest BCUT2D eigenvalue weighted by atomic mass is 19.4. The molecule has 24 heavy (non-hydrogen) atoms. The molecule has 0 aromatic heterocycles. The Kier molecular flexibility index (Phi) is 3.40. The summed E-state index contributed by atoms with van der Waals surface area (Å²) in [7, 11) is 0. The van der Waals surface area contributed by atoms with Gasteiger partial charge in [0.2, 0.25) is 0 Å². The third-order valence-electron chi connectivity index (χ3n) is 4.92. The zero-order valence-electron chi connectivity index (χ0n) is 12.7. The normalized spacial score (nSPS) is 25.9. The number of halogens is 3. The van der Waals surface area contributed by atoms with Crippen molar-refractivity contribution in [2.75, 3.05) is 6.61 Å². The van der Waals surface area contributed by atoms with Crippen molar-refractivity contribution in [1.82, 2.24) is 5.43 Å². The van der Waals surface area contributed by atoms with Gasteiger partial charge >= 0.3 is 12.3 Å². The second-order valence-electron chi connectivity index (χ2n) is 6.40. The highest BCUT2D eigenvalue weighted by Crippen LogP contribution is 2.50. The van der Waals surface area contributed by atoms with E-state index in [4.69, 9.17) is 4.74 Å². The van der Waals surface area contributed by atoms with Crippen molar-refractivity contribution in [3.63, 3.8) is 0 Å². The first-order chi connectivity index (χ1) is 11.4. The first kappa shape index (κ1) is 15.2. The molecule has 0 saturated heterocycles. The predicted molar refractivity (Wildman–Crippen MR) is 81.3 cm³/mol. The van der Waals surface area contributed by atoms with Gasteiger partial charge < -0.3 is 4.74 Å². The number of fused-ring (bicyclic) bond motifs is 2. The van der Waals surface area contributed by atoms with Crippen molar-refractivity contribution in [2.24, 2.45) is 16.9 Å². The van der Waals surface area contributed by atoms with Gasteiger partial charge in [0, 0.05) is 5.56 Å². The van der Waals surface area contributed by atoms with Crippen molar-refractivity contribution in [2.45, 2.75) is 25.4 Å². The molecule has 1 saturated carbocycles. The number of hydrogen-bond acceptors (Lipinski definition) is 3. The molecule has 4 rings (SSSR count). The second kappa shape index (κ2) is 5.36. The number of alkyl halides is 3. The van der Waals surface area contributed by atoms with Crippen LogP contribution in [0.15, 0.2) is 29.4 Å². The lowest BCUT2D eigenvalue weighted by Crippen LogP contribution is -2.31. The lowest BCUT2D eigenvalue weighted by atomic mass is 9.88. The lowest BCUT2D eigenvalue weighted by molar-refractivity contribution is -0.137. The Labute approximate surface area is 136 Å². The van der Waals surface area contributed by atoms with Crippen molar-refractivity contribution >= 4 is 17.4 Å². The molecular weight excluding hydrogens is 321 g/mol. The summed E-state index contributed by atoms with van der Waals surface area (Å²) in [6.07, 6.45) is -0.170. The Morgan fingerprint density at radius 2 is 2.08 bits per heavy atom. The van der Waals surface area contributed by atoms with Gasteiger partial charge in [-0.2, -0.15) is 18.3 Å². The SMILES string of the molecule is O=C1NN=C(c2ccc(C3=CC4CCC3C4)c(C(F)(F)F)c2)CO1. The third-order valence-corrected chi connectivity index (χ3v) is 4.92. The van der Waals surface area contributed by atoms with Crippen molar-refractivity contribution < 1.29 is 22.7 Å². The fraction of sp³-hybridized carbons (Fsp3) is 0.412. The Hall–Kier alpha value is -2.31. The van der Waals surface area contributed by atoms with E-state index in [1.54, 1.807) is 6.07 Å². The monoisotopic (exact) mass is 336 g/mol. The van der Waals surface area contributed by atoms with Crippen LogP contribution < -0.4 is 5.43 Å². The molecule has 2 aliphatic carbocycles. The minimum absolute atomic E-state index is 0.143. The van der Waals surface area contributed by atoms with Gasteiger partial charge in [-0.05, 0) is 48.3 Å². The summed E-state index contributed by atoms with van der Waals surface area (Å²) in [6, 6.07) is 4.22. The molecule has 1 aromatic carbocycles. The summed E-state index contributed by atoms with van der Waals surface area (Å²) in [4.78, 5) is 10.9. The molecule has 1 amide bonds. The van der Waals surface area contributed by atoms with Gasteiger partial charge in [-0.1, -0.05) is 18.2 Å². The van der Waals surface area contributed by atoms with E-state index in [0.29, 0.717) is 11.5 Å². The molecule has 3 aliphatic rings. The largest absolute Gasteiger partial charge is 0.442 e. The predicted octanol–water partition coefficient (Wildman–Crippen LogP) is 3.96. The number of ether oxygens (including phenoxy) is 1. The van der Waals surface area contributed by atoms with Crippen LogP contribution in [0.5, 0.6) is 0 Å². The molecule has 1 aliphatic heterocycles. The molecule has 2 bridgehead atoms. The van der Waals surface area contributed by atoms with Crippen LogP contribution in [0.1, 0.15) is 36.0 Å².